The molecule has 26 heavy (non-hydrogen) atoms. The molecule has 0 radical (unpaired) electrons. The molecule has 1 aliphatic carbocycles. The lowest BCUT2D eigenvalue weighted by molar-refractivity contribution is -0.0360. The highest BCUT2D eigenvalue weighted by Gasteiger charge is 2.35. The van der Waals surface area contributed by atoms with Crippen LogP contribution in [0.1, 0.15) is 45.1 Å². The summed E-state index contributed by atoms with van der Waals surface area (Å²) >= 11 is 6.01. The van der Waals surface area contributed by atoms with E-state index < -0.39 is 11.6 Å². The molecule has 3 nitrogen and oxygen atoms in total. The number of nitrogens with zero attached hydrogens (tertiary/aromatic N) is 2. The molecule has 7 heteroatoms. The Balaban J connectivity index is 1.84. The van der Waals surface area contributed by atoms with E-state index in [1.807, 2.05) is 0 Å². The molecule has 0 bridgehead atoms. The molecule has 1 aliphatic rings. The van der Waals surface area contributed by atoms with E-state index in [0.29, 0.717) is 40.5 Å². The smallest absolute Gasteiger partial charge is 0.248 e. The van der Waals surface area contributed by atoms with Gasteiger partial charge in [0.1, 0.15) is 10.8 Å². The zero-order valence-corrected chi connectivity index (χ0v) is 15.5. The Morgan fingerprint density at radius 1 is 1.15 bits per heavy atom. The van der Waals surface area contributed by atoms with Crippen molar-refractivity contribution in [2.75, 3.05) is 5.32 Å². The third kappa shape index (κ3) is 4.47. The van der Waals surface area contributed by atoms with Gasteiger partial charge >= 0.3 is 0 Å². The minimum absolute atomic E-state index is 0.0594. The minimum Gasteiger partial charge on any atom is -0.382 e. The van der Waals surface area contributed by atoms with Crippen molar-refractivity contribution in [3.8, 4) is 11.3 Å². The Labute approximate surface area is 156 Å². The standard InChI is InChI=1S/C19H21ClF3N3/c1-18(2,21)12-3-4-15(24-10-12)14-11-25-17(20)9-16(14)26-13-5-7-19(22,23)8-6-13/h3-4,9-11,13H,5-8H2,1-2H3,(H,25,26). The van der Waals surface area contributed by atoms with Gasteiger partial charge in [0.2, 0.25) is 5.92 Å². The third-order valence-corrected chi connectivity index (χ3v) is 4.88. The molecule has 0 aliphatic heterocycles. The maximum absolute atomic E-state index is 14.0. The summed E-state index contributed by atoms with van der Waals surface area (Å²) < 4.78 is 40.7. The van der Waals surface area contributed by atoms with Gasteiger partial charge in [0.05, 0.1) is 5.69 Å². The Bertz CT molecular complexity index is 763. The highest BCUT2D eigenvalue weighted by Crippen LogP contribution is 2.36. The summed E-state index contributed by atoms with van der Waals surface area (Å²) in [6.07, 6.45) is 3.60. The van der Waals surface area contributed by atoms with Crippen LogP contribution in [0.25, 0.3) is 11.3 Å². The van der Waals surface area contributed by atoms with Gasteiger partial charge in [0.25, 0.3) is 0 Å². The number of hydrogen-bond acceptors (Lipinski definition) is 3. The van der Waals surface area contributed by atoms with Gasteiger partial charge in [-0.25, -0.2) is 18.2 Å². The fourth-order valence-corrected chi connectivity index (χ4v) is 3.22. The third-order valence-electron chi connectivity index (χ3n) is 4.67. The van der Waals surface area contributed by atoms with E-state index in [0.717, 1.165) is 0 Å². The first-order chi connectivity index (χ1) is 12.1. The van der Waals surface area contributed by atoms with Crippen LogP contribution in [0, 0.1) is 0 Å². The molecule has 2 aromatic heterocycles. The monoisotopic (exact) mass is 383 g/mol. The van der Waals surface area contributed by atoms with Crippen LogP contribution in [0.15, 0.2) is 30.6 Å². The Hall–Kier alpha value is -1.82. The van der Waals surface area contributed by atoms with E-state index in [1.165, 1.54) is 20.0 Å². The molecule has 1 fully saturated rings. The fourth-order valence-electron chi connectivity index (χ4n) is 3.06. The molecule has 140 valence electrons. The topological polar surface area (TPSA) is 37.8 Å². The Morgan fingerprint density at radius 2 is 1.85 bits per heavy atom. The van der Waals surface area contributed by atoms with Crippen LogP contribution >= 0.6 is 11.6 Å². The van der Waals surface area contributed by atoms with Crippen molar-refractivity contribution in [3.05, 3.63) is 41.3 Å². The second-order valence-corrected chi connectivity index (χ2v) is 7.62. The van der Waals surface area contributed by atoms with E-state index in [2.05, 4.69) is 15.3 Å². The van der Waals surface area contributed by atoms with Gasteiger partial charge in [0.15, 0.2) is 0 Å². The van der Waals surface area contributed by atoms with Crippen LogP contribution in [0.3, 0.4) is 0 Å². The first-order valence-electron chi connectivity index (χ1n) is 8.60. The molecule has 2 aromatic rings. The lowest BCUT2D eigenvalue weighted by atomic mass is 9.92. The SMILES string of the molecule is CC(C)(F)c1ccc(-c2cnc(Cl)cc2NC2CCC(F)(F)CC2)nc1. The first-order valence-corrected chi connectivity index (χ1v) is 8.98. The van der Waals surface area contributed by atoms with E-state index in [4.69, 9.17) is 11.6 Å². The van der Waals surface area contributed by atoms with E-state index in [-0.39, 0.29) is 18.9 Å². The van der Waals surface area contributed by atoms with Crippen molar-refractivity contribution in [1.82, 2.24) is 9.97 Å². The van der Waals surface area contributed by atoms with Crippen LogP contribution in [0.4, 0.5) is 18.9 Å². The zero-order chi connectivity index (χ0) is 18.9. The number of halogens is 4. The number of nitrogens with one attached hydrogen (secondary N) is 1. The van der Waals surface area contributed by atoms with Crippen LogP contribution in [0.2, 0.25) is 5.15 Å². The molecular formula is C19H21ClF3N3. The molecule has 0 saturated heterocycles. The highest BCUT2D eigenvalue weighted by atomic mass is 35.5. The number of hydrogen-bond donors (Lipinski definition) is 1. The average Bonchev–Trinajstić information content (AvgIpc) is 2.56. The number of aromatic nitrogens is 2. The van der Waals surface area contributed by atoms with Crippen LogP contribution < -0.4 is 5.32 Å². The maximum atomic E-state index is 14.0. The summed E-state index contributed by atoms with van der Waals surface area (Å²) in [5.74, 6) is -2.58. The lowest BCUT2D eigenvalue weighted by Crippen LogP contribution is -2.32. The summed E-state index contributed by atoms with van der Waals surface area (Å²) in [6, 6.07) is 5.01. The molecule has 3 rings (SSSR count). The fraction of sp³-hybridized carbons (Fsp3) is 0.474. The summed E-state index contributed by atoms with van der Waals surface area (Å²) in [5.41, 5.74) is 1.02. The van der Waals surface area contributed by atoms with E-state index in [9.17, 15) is 13.2 Å². The van der Waals surface area contributed by atoms with Gasteiger partial charge in [0, 0.05) is 48.1 Å². The zero-order valence-electron chi connectivity index (χ0n) is 14.7. The van der Waals surface area contributed by atoms with Crippen molar-refractivity contribution in [2.24, 2.45) is 0 Å². The van der Waals surface area contributed by atoms with Gasteiger partial charge in [-0.05, 0) is 38.8 Å². The van der Waals surface area contributed by atoms with Gasteiger partial charge in [-0.15, -0.1) is 0 Å². The second kappa shape index (κ2) is 7.06. The molecule has 0 unspecified atom stereocenters. The van der Waals surface area contributed by atoms with Crippen molar-refractivity contribution >= 4 is 17.3 Å². The molecular weight excluding hydrogens is 363 g/mol. The molecule has 1 saturated carbocycles. The van der Waals surface area contributed by atoms with Gasteiger partial charge in [-0.3, -0.25) is 4.98 Å². The highest BCUT2D eigenvalue weighted by molar-refractivity contribution is 6.29. The first kappa shape index (κ1) is 19.0. The number of pyridine rings is 2. The number of alkyl halides is 3. The Kier molecular flexibility index (Phi) is 5.15. The number of anilines is 1. The Morgan fingerprint density at radius 3 is 2.42 bits per heavy atom. The normalized spacial score (nSPS) is 17.9. The second-order valence-electron chi connectivity index (χ2n) is 7.23. The van der Waals surface area contributed by atoms with Gasteiger partial charge in [-0.2, -0.15) is 0 Å². The van der Waals surface area contributed by atoms with Crippen LogP contribution in [0.5, 0.6) is 0 Å². The molecule has 0 amide bonds. The molecule has 2 heterocycles. The summed E-state index contributed by atoms with van der Waals surface area (Å²) in [6.45, 7) is 2.94. The van der Waals surface area contributed by atoms with Crippen molar-refractivity contribution in [3.63, 3.8) is 0 Å². The molecule has 0 aromatic carbocycles. The van der Waals surface area contributed by atoms with Crippen molar-refractivity contribution in [1.29, 1.82) is 0 Å². The summed E-state index contributed by atoms with van der Waals surface area (Å²) in [4.78, 5) is 8.43. The minimum atomic E-state index is -2.58. The lowest BCUT2D eigenvalue weighted by Gasteiger charge is -2.30. The maximum Gasteiger partial charge on any atom is 0.248 e. The summed E-state index contributed by atoms with van der Waals surface area (Å²) in [5, 5.41) is 3.60. The van der Waals surface area contributed by atoms with Crippen molar-refractivity contribution < 1.29 is 13.2 Å². The predicted octanol–water partition coefficient (Wildman–Crippen LogP) is 5.99. The average molecular weight is 384 g/mol. The van der Waals surface area contributed by atoms with E-state index in [1.54, 1.807) is 24.4 Å². The summed E-state index contributed by atoms with van der Waals surface area (Å²) in [7, 11) is 0. The van der Waals surface area contributed by atoms with Crippen molar-refractivity contribution in [2.45, 2.75) is 57.2 Å². The quantitative estimate of drug-likeness (QED) is 0.659. The van der Waals surface area contributed by atoms with Crippen LogP contribution in [-0.4, -0.2) is 21.9 Å². The molecule has 0 atom stereocenters. The van der Waals surface area contributed by atoms with Gasteiger partial charge < -0.3 is 5.32 Å². The number of rotatable bonds is 4. The van der Waals surface area contributed by atoms with E-state index >= 15 is 0 Å². The largest absolute Gasteiger partial charge is 0.382 e. The van der Waals surface area contributed by atoms with Crippen LogP contribution in [-0.2, 0) is 5.67 Å². The molecule has 0 spiro atoms. The predicted molar refractivity (Wildman–Crippen MR) is 97.4 cm³/mol. The van der Waals surface area contributed by atoms with Gasteiger partial charge in [-0.1, -0.05) is 17.7 Å². The molecule has 1 N–H and O–H groups in total.